The molecule has 18 heavy (non-hydrogen) atoms. The number of ether oxygens (including phenoxy) is 1. The van der Waals surface area contributed by atoms with E-state index in [-0.39, 0.29) is 6.10 Å². The van der Waals surface area contributed by atoms with Gasteiger partial charge in [-0.15, -0.1) is 0 Å². The maximum atomic E-state index is 5.64. The number of nitrogen functional groups attached to an aromatic ring is 1. The predicted molar refractivity (Wildman–Crippen MR) is 71.5 cm³/mol. The SMILES string of the molecule is Cc1nc(NN)c(C)c(N2CC(C)OCC2C)n1. The van der Waals surface area contributed by atoms with E-state index in [9.17, 15) is 0 Å². The molecule has 2 rings (SSSR count). The Morgan fingerprint density at radius 3 is 2.72 bits per heavy atom. The minimum Gasteiger partial charge on any atom is -0.375 e. The third kappa shape index (κ3) is 2.39. The van der Waals surface area contributed by atoms with Crippen LogP contribution in [0.3, 0.4) is 0 Å². The molecule has 1 aliphatic rings. The van der Waals surface area contributed by atoms with Crippen LogP contribution in [0.1, 0.15) is 25.2 Å². The molecule has 0 bridgehead atoms. The smallest absolute Gasteiger partial charge is 0.148 e. The zero-order valence-electron chi connectivity index (χ0n) is 11.4. The first-order valence-electron chi connectivity index (χ1n) is 6.23. The average Bonchev–Trinajstić information content (AvgIpc) is 2.35. The standard InChI is InChI=1S/C12H21N5O/c1-7-6-18-8(2)5-17(7)12-9(3)11(16-13)14-10(4)15-12/h7-8H,5-6,13H2,1-4H3,(H,14,15,16). The van der Waals surface area contributed by atoms with Gasteiger partial charge in [-0.2, -0.15) is 0 Å². The lowest BCUT2D eigenvalue weighted by Crippen LogP contribution is -2.48. The molecule has 2 atom stereocenters. The second-order valence-corrected chi connectivity index (χ2v) is 4.86. The number of hydrogen-bond donors (Lipinski definition) is 2. The first kappa shape index (κ1) is 13.0. The molecule has 2 unspecified atom stereocenters. The summed E-state index contributed by atoms with van der Waals surface area (Å²) < 4.78 is 5.64. The fraction of sp³-hybridized carbons (Fsp3) is 0.667. The highest BCUT2D eigenvalue weighted by Crippen LogP contribution is 2.26. The van der Waals surface area contributed by atoms with E-state index in [4.69, 9.17) is 10.6 Å². The first-order valence-corrected chi connectivity index (χ1v) is 6.23. The first-order chi connectivity index (χ1) is 8.52. The number of aromatic nitrogens is 2. The number of anilines is 2. The van der Waals surface area contributed by atoms with Crippen molar-refractivity contribution < 1.29 is 4.74 Å². The lowest BCUT2D eigenvalue weighted by Gasteiger charge is -2.38. The summed E-state index contributed by atoms with van der Waals surface area (Å²) >= 11 is 0. The van der Waals surface area contributed by atoms with Gasteiger partial charge in [0.25, 0.3) is 0 Å². The summed E-state index contributed by atoms with van der Waals surface area (Å²) in [7, 11) is 0. The van der Waals surface area contributed by atoms with E-state index in [0.717, 1.165) is 30.4 Å². The molecule has 1 aliphatic heterocycles. The Balaban J connectivity index is 2.39. The van der Waals surface area contributed by atoms with Crippen molar-refractivity contribution in [2.45, 2.75) is 39.8 Å². The second kappa shape index (κ2) is 5.07. The summed E-state index contributed by atoms with van der Waals surface area (Å²) in [6, 6.07) is 0.305. The zero-order chi connectivity index (χ0) is 13.3. The van der Waals surface area contributed by atoms with Crippen LogP contribution < -0.4 is 16.2 Å². The molecule has 0 saturated carbocycles. The summed E-state index contributed by atoms with van der Waals surface area (Å²) in [5.74, 6) is 7.84. The highest BCUT2D eigenvalue weighted by atomic mass is 16.5. The Hall–Kier alpha value is -1.40. The number of nitrogens with zero attached hydrogens (tertiary/aromatic N) is 3. The number of aryl methyl sites for hydroxylation is 1. The van der Waals surface area contributed by atoms with E-state index in [0.29, 0.717) is 11.9 Å². The Labute approximate surface area is 108 Å². The fourth-order valence-corrected chi connectivity index (χ4v) is 2.23. The number of morpholine rings is 1. The summed E-state index contributed by atoms with van der Waals surface area (Å²) in [6.07, 6.45) is 0.213. The maximum absolute atomic E-state index is 5.64. The van der Waals surface area contributed by atoms with Crippen LogP contribution in [0.5, 0.6) is 0 Å². The third-order valence-corrected chi connectivity index (χ3v) is 3.25. The highest BCUT2D eigenvalue weighted by Gasteiger charge is 2.26. The Bertz CT molecular complexity index is 437. The molecule has 0 spiro atoms. The summed E-state index contributed by atoms with van der Waals surface area (Å²) in [5, 5.41) is 0. The van der Waals surface area contributed by atoms with Crippen LogP contribution in [0.4, 0.5) is 11.6 Å². The Kier molecular flexibility index (Phi) is 3.68. The van der Waals surface area contributed by atoms with Gasteiger partial charge < -0.3 is 15.1 Å². The number of hydrogen-bond acceptors (Lipinski definition) is 6. The number of nitrogens with one attached hydrogen (secondary N) is 1. The van der Waals surface area contributed by atoms with Crippen LogP contribution in [-0.4, -0.2) is 35.3 Å². The monoisotopic (exact) mass is 251 g/mol. The molecule has 0 aromatic carbocycles. The van der Waals surface area contributed by atoms with Crippen molar-refractivity contribution in [3.63, 3.8) is 0 Å². The van der Waals surface area contributed by atoms with Crippen molar-refractivity contribution in [1.29, 1.82) is 0 Å². The second-order valence-electron chi connectivity index (χ2n) is 4.86. The molecule has 0 radical (unpaired) electrons. The van der Waals surface area contributed by atoms with Gasteiger partial charge in [0.15, 0.2) is 0 Å². The third-order valence-electron chi connectivity index (χ3n) is 3.25. The van der Waals surface area contributed by atoms with Crippen LogP contribution in [0.25, 0.3) is 0 Å². The lowest BCUT2D eigenvalue weighted by molar-refractivity contribution is 0.0340. The van der Waals surface area contributed by atoms with Crippen molar-refractivity contribution in [3.05, 3.63) is 11.4 Å². The van der Waals surface area contributed by atoms with E-state index in [2.05, 4.69) is 34.1 Å². The predicted octanol–water partition coefficient (Wildman–Crippen LogP) is 0.993. The lowest BCUT2D eigenvalue weighted by atomic mass is 10.1. The van der Waals surface area contributed by atoms with Gasteiger partial charge >= 0.3 is 0 Å². The fourth-order valence-electron chi connectivity index (χ4n) is 2.23. The number of rotatable bonds is 2. The molecule has 0 aliphatic carbocycles. The van der Waals surface area contributed by atoms with Gasteiger partial charge in [0.2, 0.25) is 0 Å². The largest absolute Gasteiger partial charge is 0.375 e. The van der Waals surface area contributed by atoms with Gasteiger partial charge in [0.05, 0.1) is 18.8 Å². The molecule has 6 nitrogen and oxygen atoms in total. The molecule has 2 heterocycles. The molecule has 6 heteroatoms. The van der Waals surface area contributed by atoms with Crippen LogP contribution >= 0.6 is 0 Å². The van der Waals surface area contributed by atoms with E-state index in [1.807, 2.05) is 13.8 Å². The molecular weight excluding hydrogens is 230 g/mol. The molecule has 3 N–H and O–H groups in total. The topological polar surface area (TPSA) is 76.3 Å². The van der Waals surface area contributed by atoms with E-state index in [1.54, 1.807) is 0 Å². The van der Waals surface area contributed by atoms with Gasteiger partial charge in [-0.25, -0.2) is 15.8 Å². The van der Waals surface area contributed by atoms with Crippen molar-refractivity contribution in [1.82, 2.24) is 9.97 Å². The summed E-state index contributed by atoms with van der Waals surface area (Å²) in [4.78, 5) is 11.1. The van der Waals surface area contributed by atoms with Crippen LogP contribution in [-0.2, 0) is 4.74 Å². The highest BCUT2D eigenvalue weighted by molar-refractivity contribution is 5.58. The summed E-state index contributed by atoms with van der Waals surface area (Å²) in [5.41, 5.74) is 3.61. The molecule has 0 amide bonds. The van der Waals surface area contributed by atoms with Gasteiger partial charge in [-0.05, 0) is 27.7 Å². The summed E-state index contributed by atoms with van der Waals surface area (Å²) in [6.45, 7) is 9.62. The number of hydrazine groups is 1. The van der Waals surface area contributed by atoms with Gasteiger partial charge in [-0.1, -0.05) is 0 Å². The van der Waals surface area contributed by atoms with Crippen molar-refractivity contribution in [2.75, 3.05) is 23.5 Å². The molecule has 1 fully saturated rings. The van der Waals surface area contributed by atoms with Gasteiger partial charge in [0.1, 0.15) is 17.5 Å². The molecule has 1 aromatic rings. The quantitative estimate of drug-likeness (QED) is 0.603. The van der Waals surface area contributed by atoms with E-state index >= 15 is 0 Å². The Morgan fingerprint density at radius 1 is 1.33 bits per heavy atom. The normalized spacial score (nSPS) is 24.2. The van der Waals surface area contributed by atoms with Crippen LogP contribution in [0, 0.1) is 13.8 Å². The van der Waals surface area contributed by atoms with E-state index < -0.39 is 0 Å². The maximum Gasteiger partial charge on any atom is 0.148 e. The van der Waals surface area contributed by atoms with Crippen LogP contribution in [0.2, 0.25) is 0 Å². The molecule has 100 valence electrons. The average molecular weight is 251 g/mol. The van der Waals surface area contributed by atoms with Crippen LogP contribution in [0.15, 0.2) is 0 Å². The van der Waals surface area contributed by atoms with E-state index in [1.165, 1.54) is 0 Å². The molecular formula is C12H21N5O. The van der Waals surface area contributed by atoms with Gasteiger partial charge in [0, 0.05) is 12.1 Å². The minimum atomic E-state index is 0.213. The Morgan fingerprint density at radius 2 is 2.06 bits per heavy atom. The van der Waals surface area contributed by atoms with Crippen molar-refractivity contribution in [3.8, 4) is 0 Å². The van der Waals surface area contributed by atoms with Crippen molar-refractivity contribution in [2.24, 2.45) is 5.84 Å². The number of nitrogens with two attached hydrogens (primary N) is 1. The molecule has 1 saturated heterocycles. The zero-order valence-corrected chi connectivity index (χ0v) is 11.4. The van der Waals surface area contributed by atoms with Crippen molar-refractivity contribution >= 4 is 11.6 Å². The molecule has 1 aromatic heterocycles. The minimum absolute atomic E-state index is 0.213. The van der Waals surface area contributed by atoms with Gasteiger partial charge in [-0.3, -0.25) is 0 Å².